The number of carbonyl (C=O) groups is 4. The van der Waals surface area contributed by atoms with Gasteiger partial charge in [0.25, 0.3) is 5.91 Å². The molecule has 0 aliphatic carbocycles. The summed E-state index contributed by atoms with van der Waals surface area (Å²) in [6.07, 6.45) is 2.07. The number of nitrogens with zero attached hydrogens (tertiary/aromatic N) is 5. The van der Waals surface area contributed by atoms with Crippen molar-refractivity contribution in [2.45, 2.75) is 71.5 Å². The van der Waals surface area contributed by atoms with E-state index in [0.29, 0.717) is 55.6 Å². The quantitative estimate of drug-likeness (QED) is 0.168. The van der Waals surface area contributed by atoms with Gasteiger partial charge < -0.3 is 15.0 Å². The Kier molecular flexibility index (Phi) is 9.86. The number of rotatable bonds is 11. The smallest absolute Gasteiger partial charge is 0.255 e. The maximum absolute atomic E-state index is 13.3. The highest BCUT2D eigenvalue weighted by Gasteiger charge is 2.39. The molecule has 1 saturated heterocycles. The molecule has 0 radical (unpaired) electrons. The van der Waals surface area contributed by atoms with Gasteiger partial charge in [-0.1, -0.05) is 35.9 Å². The number of carbonyl (C=O) groups excluding carboxylic acids is 4. The number of hydrogen-bond acceptors (Lipinski definition) is 9. The van der Waals surface area contributed by atoms with Gasteiger partial charge in [0.2, 0.25) is 17.7 Å². The summed E-state index contributed by atoms with van der Waals surface area (Å²) in [5, 5.41) is 15.8. The number of ether oxygens (including phenoxy) is 1. The third kappa shape index (κ3) is 6.85. The van der Waals surface area contributed by atoms with E-state index >= 15 is 0 Å². The summed E-state index contributed by atoms with van der Waals surface area (Å²) in [7, 11) is 0. The fourth-order valence-corrected chi connectivity index (χ4v) is 8.33. The summed E-state index contributed by atoms with van der Waals surface area (Å²) >= 11 is 7.88. The molecule has 0 bridgehead atoms. The number of aromatic nitrogens is 3. The van der Waals surface area contributed by atoms with Gasteiger partial charge in [-0.2, -0.15) is 0 Å². The number of aryl methyl sites for hydroxylation is 3. The molecule has 4 amide bonds. The lowest BCUT2D eigenvalue weighted by Gasteiger charge is -2.29. The van der Waals surface area contributed by atoms with Gasteiger partial charge in [0, 0.05) is 52.7 Å². The van der Waals surface area contributed by atoms with Gasteiger partial charge in [-0.05, 0) is 74.9 Å². The Morgan fingerprint density at radius 3 is 2.67 bits per heavy atom. The summed E-state index contributed by atoms with van der Waals surface area (Å²) in [6, 6.07) is 12.0. The van der Waals surface area contributed by atoms with Crippen LogP contribution < -0.4 is 10.6 Å². The highest BCUT2D eigenvalue weighted by molar-refractivity contribution is 7.15. The number of halogens is 1. The maximum Gasteiger partial charge on any atom is 0.255 e. The van der Waals surface area contributed by atoms with Crippen molar-refractivity contribution in [2.24, 2.45) is 4.99 Å². The van der Waals surface area contributed by atoms with Crippen LogP contribution in [0.2, 0.25) is 5.02 Å². The van der Waals surface area contributed by atoms with Crippen LogP contribution in [-0.4, -0.2) is 74.8 Å². The molecule has 1 unspecified atom stereocenters. The monoisotopic (exact) mass is 727 g/mol. The highest BCUT2D eigenvalue weighted by Crippen LogP contribution is 2.39. The molecule has 4 aromatic rings. The van der Waals surface area contributed by atoms with E-state index in [1.165, 1.54) is 4.88 Å². The average molecular weight is 728 g/mol. The van der Waals surface area contributed by atoms with Gasteiger partial charge in [0.15, 0.2) is 5.82 Å². The second-order valence-corrected chi connectivity index (χ2v) is 14.7. The molecular weight excluding hydrogens is 690 g/mol. The molecule has 51 heavy (non-hydrogen) atoms. The van der Waals surface area contributed by atoms with E-state index in [-0.39, 0.29) is 30.6 Å². The molecule has 2 aromatic heterocycles. The third-order valence-corrected chi connectivity index (χ3v) is 11.2. The highest BCUT2D eigenvalue weighted by atomic mass is 35.5. The third-order valence-electron chi connectivity index (χ3n) is 9.72. The summed E-state index contributed by atoms with van der Waals surface area (Å²) in [5.74, 6) is 0.289. The molecule has 14 heteroatoms. The first kappa shape index (κ1) is 34.7. The van der Waals surface area contributed by atoms with E-state index in [2.05, 4.69) is 34.7 Å². The number of thiophene rings is 1. The van der Waals surface area contributed by atoms with Crippen molar-refractivity contribution in [3.8, 4) is 5.00 Å². The Morgan fingerprint density at radius 1 is 1.08 bits per heavy atom. The number of piperidine rings is 1. The molecule has 2 N–H and O–H groups in total. The summed E-state index contributed by atoms with van der Waals surface area (Å²) in [6.45, 7) is 7.60. The Balaban J connectivity index is 0.937. The van der Waals surface area contributed by atoms with Crippen molar-refractivity contribution >= 4 is 52.3 Å². The van der Waals surface area contributed by atoms with Crippen LogP contribution in [0.25, 0.3) is 5.00 Å². The van der Waals surface area contributed by atoms with E-state index in [1.54, 1.807) is 22.3 Å². The minimum atomic E-state index is -0.640. The molecule has 2 aromatic carbocycles. The van der Waals surface area contributed by atoms with Crippen molar-refractivity contribution in [3.05, 3.63) is 97.4 Å². The molecule has 0 spiro atoms. The zero-order valence-corrected chi connectivity index (χ0v) is 30.2. The zero-order valence-electron chi connectivity index (χ0n) is 28.6. The number of fused-ring (bicyclic) bond motifs is 4. The van der Waals surface area contributed by atoms with E-state index in [9.17, 15) is 19.2 Å². The molecule has 5 heterocycles. The predicted octanol–water partition coefficient (Wildman–Crippen LogP) is 4.72. The molecule has 3 aliphatic heterocycles. The van der Waals surface area contributed by atoms with Crippen LogP contribution in [-0.2, 0) is 32.1 Å². The van der Waals surface area contributed by atoms with Crippen molar-refractivity contribution in [2.75, 3.05) is 19.8 Å². The Hall–Kier alpha value is -4.72. The van der Waals surface area contributed by atoms with Gasteiger partial charge in [0.05, 0.1) is 18.7 Å². The summed E-state index contributed by atoms with van der Waals surface area (Å²) in [4.78, 5) is 58.3. The number of amides is 4. The number of benzene rings is 2. The van der Waals surface area contributed by atoms with Crippen LogP contribution in [0, 0.1) is 20.8 Å². The molecule has 0 saturated carbocycles. The SMILES string of the molecule is Cc1sc2c(c1C)C(c1ccc(Cl)cc1)=N[C@@H](CC(=O)NCCOCCCc1cccc3c1CN(C1CCC(=O)NC1=O)C3=O)c1nnc(C)n1-2. The molecule has 1 fully saturated rings. The molecule has 12 nitrogen and oxygen atoms in total. The Morgan fingerprint density at radius 2 is 1.88 bits per heavy atom. The number of nitrogens with one attached hydrogen (secondary N) is 2. The van der Waals surface area contributed by atoms with E-state index in [0.717, 1.165) is 50.8 Å². The summed E-state index contributed by atoms with van der Waals surface area (Å²) < 4.78 is 7.88. The maximum atomic E-state index is 13.3. The minimum Gasteiger partial charge on any atom is -0.380 e. The van der Waals surface area contributed by atoms with Gasteiger partial charge in [-0.3, -0.25) is 34.1 Å². The van der Waals surface area contributed by atoms with Gasteiger partial charge in [0.1, 0.15) is 22.9 Å². The average Bonchev–Trinajstić information content (AvgIpc) is 3.72. The zero-order chi connectivity index (χ0) is 35.8. The van der Waals surface area contributed by atoms with Crippen LogP contribution in [0.3, 0.4) is 0 Å². The first-order valence-electron chi connectivity index (χ1n) is 17.1. The molecule has 264 valence electrons. The molecular formula is C37H38ClN7O5S. The van der Waals surface area contributed by atoms with E-state index < -0.39 is 18.0 Å². The van der Waals surface area contributed by atoms with Crippen LogP contribution in [0.15, 0.2) is 47.5 Å². The summed E-state index contributed by atoms with van der Waals surface area (Å²) in [5.41, 5.74) is 6.42. The standard InChI is InChI=1S/C37H38ClN7O5S/c1-20-21(2)51-37-32(20)33(24-9-11-25(38)12-10-24)40-28(34-43-42-22(3)45(34)37)18-31(47)39-15-17-50-16-5-7-23-6-4-8-26-27(23)19-44(36(26)49)29-13-14-30(46)41-35(29)48/h4,6,8-12,28-29H,5,7,13-19H2,1-3H3,(H,39,47)(H,41,46,48)/t28-,29?/m0/s1. The van der Waals surface area contributed by atoms with Gasteiger partial charge in [-0.15, -0.1) is 21.5 Å². The second-order valence-electron chi connectivity index (χ2n) is 13.0. The lowest BCUT2D eigenvalue weighted by molar-refractivity contribution is -0.137. The fraction of sp³-hybridized carbons (Fsp3) is 0.378. The Bertz CT molecular complexity index is 2070. The van der Waals surface area contributed by atoms with Crippen molar-refractivity contribution in [3.63, 3.8) is 0 Å². The van der Waals surface area contributed by atoms with Crippen molar-refractivity contribution < 1.29 is 23.9 Å². The lowest BCUT2D eigenvalue weighted by atomic mass is 9.99. The van der Waals surface area contributed by atoms with Crippen molar-refractivity contribution in [1.82, 2.24) is 30.3 Å². The van der Waals surface area contributed by atoms with E-state index in [4.69, 9.17) is 21.3 Å². The van der Waals surface area contributed by atoms with Crippen LogP contribution in [0.4, 0.5) is 0 Å². The van der Waals surface area contributed by atoms with Crippen molar-refractivity contribution in [1.29, 1.82) is 0 Å². The van der Waals surface area contributed by atoms with Crippen LogP contribution in [0.1, 0.15) is 86.4 Å². The Labute approximate surface area is 304 Å². The van der Waals surface area contributed by atoms with E-state index in [1.807, 2.05) is 47.9 Å². The number of aliphatic imine (C=N–C) groups is 1. The molecule has 7 rings (SSSR count). The largest absolute Gasteiger partial charge is 0.380 e. The molecule has 2 atom stereocenters. The van der Waals surface area contributed by atoms with Crippen LogP contribution in [0.5, 0.6) is 0 Å². The van der Waals surface area contributed by atoms with Crippen LogP contribution >= 0.6 is 22.9 Å². The minimum absolute atomic E-state index is 0.0931. The first-order valence-corrected chi connectivity index (χ1v) is 18.3. The van der Waals surface area contributed by atoms with Gasteiger partial charge >= 0.3 is 0 Å². The predicted molar refractivity (Wildman–Crippen MR) is 193 cm³/mol. The number of imide groups is 1. The fourth-order valence-electron chi connectivity index (χ4n) is 6.99. The lowest BCUT2D eigenvalue weighted by Crippen LogP contribution is -2.52. The molecule has 3 aliphatic rings. The topological polar surface area (TPSA) is 148 Å². The number of hydrogen-bond donors (Lipinski definition) is 2. The first-order chi connectivity index (χ1) is 24.6. The van der Waals surface area contributed by atoms with Gasteiger partial charge in [-0.25, -0.2) is 0 Å². The second kappa shape index (κ2) is 14.5. The normalized spacial score (nSPS) is 18.2.